The summed E-state index contributed by atoms with van der Waals surface area (Å²) in [6, 6.07) is 0. The quantitative estimate of drug-likeness (QED) is 0.0197. The summed E-state index contributed by atoms with van der Waals surface area (Å²) in [6.07, 6.45) is 64.6. The average molecular weight is 1030 g/mol. The number of phosphoric ester groups is 1. The Kier molecular flexibility index (Phi) is 50.1. The van der Waals surface area contributed by atoms with Crippen molar-refractivity contribution >= 4 is 25.7 Å². The number of ether oxygens (including phenoxy) is 3. The number of hydrogen-bond acceptors (Lipinski definition) is 10. The zero-order chi connectivity index (χ0) is 52.7. The Hall–Kier alpha value is -4.12. The lowest BCUT2D eigenvalue weighted by Crippen LogP contribution is -2.30. The molecule has 3 atom stereocenters. The Morgan fingerprint density at radius 3 is 1.10 bits per heavy atom. The first-order valence-corrected chi connectivity index (χ1v) is 28.9. The fourth-order valence-electron chi connectivity index (χ4n) is 6.78. The van der Waals surface area contributed by atoms with Gasteiger partial charge >= 0.3 is 25.7 Å². The molecule has 0 saturated heterocycles. The van der Waals surface area contributed by atoms with Gasteiger partial charge in [-0.15, -0.1) is 0 Å². The van der Waals surface area contributed by atoms with Crippen LogP contribution in [0.5, 0.6) is 0 Å². The number of rotatable bonds is 49. The number of esters is 3. The van der Waals surface area contributed by atoms with Crippen molar-refractivity contribution < 1.29 is 52.2 Å². The highest BCUT2D eigenvalue weighted by Crippen LogP contribution is 2.43. The zero-order valence-electron chi connectivity index (χ0n) is 44.8. The van der Waals surface area contributed by atoms with Gasteiger partial charge in [0.2, 0.25) is 0 Å². The van der Waals surface area contributed by atoms with Gasteiger partial charge in [0.1, 0.15) is 12.7 Å². The lowest BCUT2D eigenvalue weighted by molar-refractivity contribution is -0.161. The molecule has 2 N–H and O–H groups in total. The Balaban J connectivity index is 4.86. The SMILES string of the molecule is CC/C=C\C/C=C\C/C=C\C/C=C\C/C=C\CCCC(=O)OC(CO)COP(=O)(O)OCC(COC(=O)CCCCCCCCCCCCC)OC(=O)CCC/C=C\C/C=C\C/C=C\C/C=C\C/C=C\CC. The number of phosphoric acid groups is 1. The molecule has 0 saturated carbocycles. The second-order valence-electron chi connectivity index (χ2n) is 17.6. The summed E-state index contributed by atoms with van der Waals surface area (Å²) in [6.45, 7) is 4.25. The van der Waals surface area contributed by atoms with Crippen molar-refractivity contribution in [2.24, 2.45) is 0 Å². The standard InChI is InChI=1S/C60H97O11P/c1-4-7-10-13-16-19-22-24-26-28-30-32-35-38-41-44-47-50-59(63)70-56(52-61)54-68-72(65,66)69-55-57(53-67-58(62)49-46-43-40-37-34-21-18-15-12-9-6-3)71-60(64)51-48-45-42-39-36-33-31-29-27-25-23-20-17-14-11-8-5-2/h7-8,10-11,16-17,19-20,24-27,30-33,38-39,41-42,56-57,61H,4-6,9,12-15,18,21-23,28-29,34-37,40,43-55H2,1-3H3,(H,65,66)/b10-7-,11-8-,19-16-,20-17-,26-24-,27-25-,32-30-,33-31-,41-38-,42-39-. The Labute approximate surface area is 437 Å². The second-order valence-corrected chi connectivity index (χ2v) is 19.1. The van der Waals surface area contributed by atoms with Crippen molar-refractivity contribution in [1.82, 2.24) is 0 Å². The largest absolute Gasteiger partial charge is 0.472 e. The monoisotopic (exact) mass is 1020 g/mol. The van der Waals surface area contributed by atoms with E-state index in [9.17, 15) is 28.9 Å². The molecule has 12 heteroatoms. The molecule has 0 heterocycles. The molecule has 0 bridgehead atoms. The molecule has 408 valence electrons. The molecule has 0 fully saturated rings. The van der Waals surface area contributed by atoms with Gasteiger partial charge in [0.05, 0.1) is 19.8 Å². The van der Waals surface area contributed by atoms with Crippen LogP contribution in [0.15, 0.2) is 122 Å². The highest BCUT2D eigenvalue weighted by molar-refractivity contribution is 7.47. The van der Waals surface area contributed by atoms with E-state index in [0.29, 0.717) is 32.1 Å². The van der Waals surface area contributed by atoms with E-state index in [4.69, 9.17) is 23.3 Å². The summed E-state index contributed by atoms with van der Waals surface area (Å²) in [5, 5.41) is 9.79. The van der Waals surface area contributed by atoms with E-state index in [2.05, 4.69) is 118 Å². The summed E-state index contributed by atoms with van der Waals surface area (Å²) >= 11 is 0. The van der Waals surface area contributed by atoms with Crippen LogP contribution in [0.4, 0.5) is 0 Å². The molecule has 72 heavy (non-hydrogen) atoms. The van der Waals surface area contributed by atoms with Crippen molar-refractivity contribution in [3.63, 3.8) is 0 Å². The molecule has 0 aromatic rings. The molecule has 0 aliphatic heterocycles. The van der Waals surface area contributed by atoms with Crippen LogP contribution in [0.25, 0.3) is 0 Å². The van der Waals surface area contributed by atoms with E-state index in [1.807, 2.05) is 24.3 Å². The van der Waals surface area contributed by atoms with Crippen molar-refractivity contribution in [1.29, 1.82) is 0 Å². The molecule has 0 aliphatic rings. The maximum atomic E-state index is 12.9. The molecule has 0 amide bonds. The molecule has 0 rings (SSSR count). The predicted octanol–water partition coefficient (Wildman–Crippen LogP) is 16.0. The molecule has 0 aromatic carbocycles. The third kappa shape index (κ3) is 50.8. The first kappa shape index (κ1) is 67.9. The summed E-state index contributed by atoms with van der Waals surface area (Å²) in [4.78, 5) is 48.4. The van der Waals surface area contributed by atoms with Gasteiger partial charge in [0, 0.05) is 19.3 Å². The molecule has 0 spiro atoms. The van der Waals surface area contributed by atoms with Gasteiger partial charge in [-0.25, -0.2) is 4.57 Å². The zero-order valence-corrected chi connectivity index (χ0v) is 45.7. The summed E-state index contributed by atoms with van der Waals surface area (Å²) in [5.74, 6) is -1.61. The Morgan fingerprint density at radius 1 is 0.403 bits per heavy atom. The topological polar surface area (TPSA) is 155 Å². The fraction of sp³-hybridized carbons (Fsp3) is 0.617. The van der Waals surface area contributed by atoms with E-state index in [0.717, 1.165) is 83.5 Å². The van der Waals surface area contributed by atoms with E-state index in [1.54, 1.807) is 0 Å². The number of carbonyl (C=O) groups excluding carboxylic acids is 3. The van der Waals surface area contributed by atoms with Gasteiger partial charge in [-0.1, -0.05) is 206 Å². The third-order valence-electron chi connectivity index (χ3n) is 10.9. The number of hydrogen-bond donors (Lipinski definition) is 2. The lowest BCUT2D eigenvalue weighted by atomic mass is 10.1. The fourth-order valence-corrected chi connectivity index (χ4v) is 7.56. The Morgan fingerprint density at radius 2 is 0.722 bits per heavy atom. The molecule has 0 aromatic heterocycles. The van der Waals surface area contributed by atoms with Crippen molar-refractivity contribution in [3.05, 3.63) is 122 Å². The van der Waals surface area contributed by atoms with Crippen LogP contribution in [0, 0.1) is 0 Å². The number of aliphatic hydroxyl groups excluding tert-OH is 1. The van der Waals surface area contributed by atoms with E-state index in [1.165, 1.54) is 44.9 Å². The smallest absolute Gasteiger partial charge is 0.462 e. The maximum Gasteiger partial charge on any atom is 0.472 e. The molecular weight excluding hydrogens is 928 g/mol. The van der Waals surface area contributed by atoms with Crippen LogP contribution in [0.2, 0.25) is 0 Å². The summed E-state index contributed by atoms with van der Waals surface area (Å²) in [7, 11) is -4.78. The van der Waals surface area contributed by atoms with Gasteiger partial charge in [0.15, 0.2) is 6.10 Å². The van der Waals surface area contributed by atoms with Crippen molar-refractivity contribution in [2.75, 3.05) is 26.4 Å². The summed E-state index contributed by atoms with van der Waals surface area (Å²) in [5.41, 5.74) is 0. The molecule has 0 radical (unpaired) electrons. The maximum absolute atomic E-state index is 12.9. The minimum absolute atomic E-state index is 0.0800. The highest BCUT2D eigenvalue weighted by Gasteiger charge is 2.28. The molecular formula is C60H97O11P. The number of aliphatic hydroxyl groups is 1. The van der Waals surface area contributed by atoms with Gasteiger partial charge in [-0.3, -0.25) is 23.4 Å². The average Bonchev–Trinajstić information content (AvgIpc) is 3.37. The minimum atomic E-state index is -4.78. The van der Waals surface area contributed by atoms with Crippen LogP contribution in [0.3, 0.4) is 0 Å². The van der Waals surface area contributed by atoms with Crippen LogP contribution >= 0.6 is 7.82 Å². The lowest BCUT2D eigenvalue weighted by Gasteiger charge is -2.21. The first-order valence-electron chi connectivity index (χ1n) is 27.4. The van der Waals surface area contributed by atoms with E-state index in [-0.39, 0.29) is 25.9 Å². The number of carbonyl (C=O) groups is 3. The highest BCUT2D eigenvalue weighted by atomic mass is 31.2. The van der Waals surface area contributed by atoms with Crippen LogP contribution in [-0.4, -0.2) is 66.5 Å². The second kappa shape index (κ2) is 53.2. The van der Waals surface area contributed by atoms with Crippen molar-refractivity contribution in [3.8, 4) is 0 Å². The van der Waals surface area contributed by atoms with Crippen LogP contribution in [0.1, 0.15) is 201 Å². The van der Waals surface area contributed by atoms with E-state index >= 15 is 0 Å². The first-order chi connectivity index (χ1) is 35.2. The normalized spacial score (nSPS) is 14.3. The Bertz CT molecular complexity index is 1670. The van der Waals surface area contributed by atoms with Gasteiger partial charge in [0.25, 0.3) is 0 Å². The number of unbranched alkanes of at least 4 members (excludes halogenated alkanes) is 12. The number of allylic oxidation sites excluding steroid dienone is 20. The summed E-state index contributed by atoms with van der Waals surface area (Å²) < 4.78 is 39.3. The third-order valence-corrected chi connectivity index (χ3v) is 11.8. The van der Waals surface area contributed by atoms with Gasteiger partial charge in [-0.2, -0.15) is 0 Å². The van der Waals surface area contributed by atoms with Crippen LogP contribution in [-0.2, 0) is 42.2 Å². The van der Waals surface area contributed by atoms with Gasteiger partial charge < -0.3 is 24.2 Å². The van der Waals surface area contributed by atoms with Crippen molar-refractivity contribution in [2.45, 2.75) is 213 Å². The molecule has 0 aliphatic carbocycles. The molecule has 11 nitrogen and oxygen atoms in total. The predicted molar refractivity (Wildman–Crippen MR) is 297 cm³/mol. The van der Waals surface area contributed by atoms with Gasteiger partial charge in [-0.05, 0) is 96.3 Å². The minimum Gasteiger partial charge on any atom is -0.462 e. The molecule has 3 unspecified atom stereocenters. The van der Waals surface area contributed by atoms with Crippen LogP contribution < -0.4 is 0 Å². The van der Waals surface area contributed by atoms with E-state index < -0.39 is 57.8 Å².